The van der Waals surface area contributed by atoms with Crippen molar-refractivity contribution in [3.8, 4) is 10.6 Å². The third-order valence-electron chi connectivity index (χ3n) is 3.55. The number of imidazole rings is 1. The molecule has 0 spiro atoms. The fourth-order valence-electron chi connectivity index (χ4n) is 2.36. The van der Waals surface area contributed by atoms with Crippen molar-refractivity contribution >= 4 is 28.3 Å². The van der Waals surface area contributed by atoms with Gasteiger partial charge in [0, 0.05) is 10.4 Å². The Balaban J connectivity index is 1.58. The van der Waals surface area contributed by atoms with Crippen LogP contribution in [-0.2, 0) is 6.54 Å². The normalized spacial score (nSPS) is 11.0. The van der Waals surface area contributed by atoms with E-state index < -0.39 is 0 Å². The summed E-state index contributed by atoms with van der Waals surface area (Å²) in [7, 11) is 0. The first-order valence-corrected chi connectivity index (χ1v) is 8.02. The minimum absolute atomic E-state index is 0.661. The molecule has 0 bridgehead atoms. The summed E-state index contributed by atoms with van der Waals surface area (Å²) in [5, 5.41) is 4.38. The van der Waals surface area contributed by atoms with E-state index in [1.54, 1.807) is 17.7 Å². The molecule has 0 saturated carbocycles. The van der Waals surface area contributed by atoms with E-state index in [1.165, 1.54) is 11.2 Å². The maximum atomic E-state index is 4.67. The SMILES string of the molecule is Cc1nc(-c2ccccc2)sc1CNc1ncnc2nc[nH]c12. The molecular weight excluding hydrogens is 308 g/mol. The van der Waals surface area contributed by atoms with E-state index in [0.29, 0.717) is 12.2 Å². The van der Waals surface area contributed by atoms with E-state index in [1.807, 2.05) is 25.1 Å². The van der Waals surface area contributed by atoms with E-state index in [9.17, 15) is 0 Å². The highest BCUT2D eigenvalue weighted by molar-refractivity contribution is 7.15. The number of aryl methyl sites for hydroxylation is 1. The number of aromatic nitrogens is 5. The van der Waals surface area contributed by atoms with Crippen LogP contribution in [0, 0.1) is 6.92 Å². The zero-order valence-corrected chi connectivity index (χ0v) is 13.3. The fraction of sp³-hybridized carbons (Fsp3) is 0.125. The Bertz CT molecular complexity index is 944. The predicted octanol–water partition coefficient (Wildman–Crippen LogP) is 3.40. The lowest BCUT2D eigenvalue weighted by atomic mass is 10.2. The number of aromatic amines is 1. The number of rotatable bonds is 4. The van der Waals surface area contributed by atoms with Gasteiger partial charge in [0.1, 0.15) is 16.9 Å². The molecule has 23 heavy (non-hydrogen) atoms. The van der Waals surface area contributed by atoms with Gasteiger partial charge in [0.15, 0.2) is 11.5 Å². The van der Waals surface area contributed by atoms with Gasteiger partial charge >= 0.3 is 0 Å². The first-order chi connectivity index (χ1) is 11.3. The second-order valence-corrected chi connectivity index (χ2v) is 6.15. The number of fused-ring (bicyclic) bond motifs is 1. The summed E-state index contributed by atoms with van der Waals surface area (Å²) in [5.41, 5.74) is 3.66. The highest BCUT2D eigenvalue weighted by Gasteiger charge is 2.11. The number of H-pyrrole nitrogens is 1. The molecule has 0 atom stereocenters. The van der Waals surface area contributed by atoms with Gasteiger partial charge in [-0.25, -0.2) is 19.9 Å². The first-order valence-electron chi connectivity index (χ1n) is 7.21. The Morgan fingerprint density at radius 3 is 2.87 bits per heavy atom. The van der Waals surface area contributed by atoms with Gasteiger partial charge in [-0.3, -0.25) is 0 Å². The van der Waals surface area contributed by atoms with Crippen LogP contribution in [0.4, 0.5) is 5.82 Å². The number of benzene rings is 1. The van der Waals surface area contributed by atoms with Crippen LogP contribution in [0.15, 0.2) is 43.0 Å². The molecule has 0 saturated heterocycles. The van der Waals surface area contributed by atoms with E-state index in [2.05, 4.69) is 42.4 Å². The van der Waals surface area contributed by atoms with E-state index >= 15 is 0 Å². The molecule has 1 aromatic carbocycles. The van der Waals surface area contributed by atoms with Crippen molar-refractivity contribution in [2.45, 2.75) is 13.5 Å². The third kappa shape index (κ3) is 2.66. The van der Waals surface area contributed by atoms with Crippen LogP contribution in [0.25, 0.3) is 21.7 Å². The second kappa shape index (κ2) is 5.77. The van der Waals surface area contributed by atoms with Crippen LogP contribution in [0.5, 0.6) is 0 Å². The number of hydrogen-bond donors (Lipinski definition) is 2. The van der Waals surface area contributed by atoms with Crippen LogP contribution >= 0.6 is 11.3 Å². The Hall–Kier alpha value is -2.80. The summed E-state index contributed by atoms with van der Waals surface area (Å²) in [6.45, 7) is 2.70. The molecule has 0 aliphatic rings. The molecule has 0 aliphatic carbocycles. The van der Waals surface area contributed by atoms with Gasteiger partial charge in [-0.15, -0.1) is 11.3 Å². The first kappa shape index (κ1) is 13.8. The van der Waals surface area contributed by atoms with E-state index in [4.69, 9.17) is 0 Å². The maximum Gasteiger partial charge on any atom is 0.182 e. The zero-order valence-electron chi connectivity index (χ0n) is 12.4. The molecule has 0 amide bonds. The van der Waals surface area contributed by atoms with E-state index in [-0.39, 0.29) is 0 Å². The summed E-state index contributed by atoms with van der Waals surface area (Å²) in [6, 6.07) is 10.2. The standard InChI is InChI=1S/C16H14N6S/c1-10-12(23-16(22-10)11-5-3-2-4-6-11)7-17-14-13-15(19-8-18-13)21-9-20-14/h2-6,8-9H,7H2,1H3,(H2,17,18,19,20,21). The molecule has 0 radical (unpaired) electrons. The van der Waals surface area contributed by atoms with Gasteiger partial charge in [0.05, 0.1) is 18.6 Å². The van der Waals surface area contributed by atoms with Gasteiger partial charge in [0.25, 0.3) is 0 Å². The van der Waals surface area contributed by atoms with Crippen LogP contribution < -0.4 is 5.32 Å². The molecular formula is C16H14N6S. The summed E-state index contributed by atoms with van der Waals surface area (Å²) in [5.74, 6) is 0.751. The summed E-state index contributed by atoms with van der Waals surface area (Å²) in [6.07, 6.45) is 3.14. The van der Waals surface area contributed by atoms with Crippen molar-refractivity contribution in [2.24, 2.45) is 0 Å². The van der Waals surface area contributed by atoms with Crippen molar-refractivity contribution < 1.29 is 0 Å². The summed E-state index contributed by atoms with van der Waals surface area (Å²) < 4.78 is 0. The molecule has 0 aliphatic heterocycles. The van der Waals surface area contributed by atoms with Gasteiger partial charge in [0.2, 0.25) is 0 Å². The van der Waals surface area contributed by atoms with Gasteiger partial charge in [-0.2, -0.15) is 0 Å². The Morgan fingerprint density at radius 1 is 1.13 bits per heavy atom. The summed E-state index contributed by atoms with van der Waals surface area (Å²) in [4.78, 5) is 21.5. The smallest absolute Gasteiger partial charge is 0.182 e. The lowest BCUT2D eigenvalue weighted by Gasteiger charge is -2.04. The molecule has 114 valence electrons. The van der Waals surface area contributed by atoms with Crippen molar-refractivity contribution in [1.82, 2.24) is 24.9 Å². The molecule has 7 heteroatoms. The number of hydrogen-bond acceptors (Lipinski definition) is 6. The van der Waals surface area contributed by atoms with Gasteiger partial charge in [-0.05, 0) is 6.92 Å². The molecule has 2 N–H and O–H groups in total. The number of nitrogens with zero attached hydrogens (tertiary/aromatic N) is 4. The van der Waals surface area contributed by atoms with Crippen LogP contribution in [0.3, 0.4) is 0 Å². The highest BCUT2D eigenvalue weighted by atomic mass is 32.1. The average molecular weight is 322 g/mol. The van der Waals surface area contributed by atoms with Crippen molar-refractivity contribution in [3.63, 3.8) is 0 Å². The van der Waals surface area contributed by atoms with Crippen LogP contribution in [0.1, 0.15) is 10.6 Å². The Kier molecular flexibility index (Phi) is 3.47. The molecule has 4 rings (SSSR count). The maximum absolute atomic E-state index is 4.67. The monoisotopic (exact) mass is 322 g/mol. The zero-order chi connectivity index (χ0) is 15.6. The van der Waals surface area contributed by atoms with Crippen molar-refractivity contribution in [2.75, 3.05) is 5.32 Å². The number of anilines is 1. The lowest BCUT2D eigenvalue weighted by molar-refractivity contribution is 1.09. The fourth-order valence-corrected chi connectivity index (χ4v) is 3.37. The van der Waals surface area contributed by atoms with Gasteiger partial charge in [-0.1, -0.05) is 30.3 Å². The van der Waals surface area contributed by atoms with Crippen LogP contribution in [0.2, 0.25) is 0 Å². The quantitative estimate of drug-likeness (QED) is 0.602. The molecule has 3 heterocycles. The lowest BCUT2D eigenvalue weighted by Crippen LogP contribution is -2.02. The molecule has 3 aromatic heterocycles. The van der Waals surface area contributed by atoms with Crippen molar-refractivity contribution in [3.05, 3.63) is 53.6 Å². The minimum Gasteiger partial charge on any atom is -0.363 e. The third-order valence-corrected chi connectivity index (χ3v) is 4.76. The second-order valence-electron chi connectivity index (χ2n) is 5.07. The predicted molar refractivity (Wildman–Crippen MR) is 91.3 cm³/mol. The van der Waals surface area contributed by atoms with E-state index in [0.717, 1.165) is 27.6 Å². The number of nitrogens with one attached hydrogen (secondary N) is 2. The molecule has 0 unspecified atom stereocenters. The largest absolute Gasteiger partial charge is 0.363 e. The average Bonchev–Trinajstić information content (AvgIpc) is 3.20. The number of thiazole rings is 1. The van der Waals surface area contributed by atoms with Crippen molar-refractivity contribution in [1.29, 1.82) is 0 Å². The summed E-state index contributed by atoms with van der Waals surface area (Å²) >= 11 is 1.70. The highest BCUT2D eigenvalue weighted by Crippen LogP contribution is 2.28. The molecule has 6 nitrogen and oxygen atoms in total. The minimum atomic E-state index is 0.661. The topological polar surface area (TPSA) is 79.4 Å². The Morgan fingerprint density at radius 2 is 2.00 bits per heavy atom. The van der Waals surface area contributed by atoms with Crippen LogP contribution in [-0.4, -0.2) is 24.9 Å². The molecule has 4 aromatic rings. The van der Waals surface area contributed by atoms with Gasteiger partial charge < -0.3 is 10.3 Å². The Labute approximate surface area is 136 Å². The molecule has 0 fully saturated rings.